The van der Waals surface area contributed by atoms with Gasteiger partial charge in [0.25, 0.3) is 0 Å². The number of amides is 1. The van der Waals surface area contributed by atoms with E-state index < -0.39 is 5.79 Å². The molecule has 4 rings (SSSR count). The number of para-hydroxylation sites is 1. The van der Waals surface area contributed by atoms with Gasteiger partial charge in [-0.25, -0.2) is 0 Å². The predicted molar refractivity (Wildman–Crippen MR) is 104 cm³/mol. The van der Waals surface area contributed by atoms with Crippen LogP contribution in [0.5, 0.6) is 17.2 Å². The van der Waals surface area contributed by atoms with Crippen molar-refractivity contribution in [1.29, 1.82) is 0 Å². The summed E-state index contributed by atoms with van der Waals surface area (Å²) < 4.78 is 23.0. The molecule has 1 amide bonds. The van der Waals surface area contributed by atoms with Gasteiger partial charge in [-0.15, -0.1) is 0 Å². The van der Waals surface area contributed by atoms with Crippen LogP contribution in [0.3, 0.4) is 0 Å². The lowest BCUT2D eigenvalue weighted by Gasteiger charge is -2.44. The van der Waals surface area contributed by atoms with Crippen molar-refractivity contribution in [1.82, 2.24) is 4.90 Å². The number of fused-ring (bicyclic) bond motifs is 1. The molecule has 2 aromatic rings. The molecule has 1 fully saturated rings. The van der Waals surface area contributed by atoms with Crippen LogP contribution in [0, 0.1) is 0 Å². The van der Waals surface area contributed by atoms with Gasteiger partial charge in [0.15, 0.2) is 11.5 Å². The summed E-state index contributed by atoms with van der Waals surface area (Å²) in [5.41, 5.74) is 1.94. The third kappa shape index (κ3) is 3.64. The molecule has 0 radical (unpaired) electrons. The lowest BCUT2D eigenvalue weighted by molar-refractivity contribution is -0.228. The van der Waals surface area contributed by atoms with Gasteiger partial charge in [-0.1, -0.05) is 24.3 Å². The lowest BCUT2D eigenvalue weighted by atomic mass is 10.00. The molecule has 2 aromatic carbocycles. The molecular formula is C22H25NO5. The molecule has 0 saturated carbocycles. The fraction of sp³-hybridized carbons (Fsp3) is 0.409. The van der Waals surface area contributed by atoms with Crippen molar-refractivity contribution in [3.05, 3.63) is 53.6 Å². The zero-order valence-electron chi connectivity index (χ0n) is 16.3. The van der Waals surface area contributed by atoms with Crippen LogP contribution < -0.4 is 14.2 Å². The average Bonchev–Trinajstić information content (AvgIpc) is 2.74. The van der Waals surface area contributed by atoms with Crippen LogP contribution in [0.15, 0.2) is 42.5 Å². The molecule has 6 heteroatoms. The molecular weight excluding hydrogens is 358 g/mol. The summed E-state index contributed by atoms with van der Waals surface area (Å²) in [5.74, 6) is 1.66. The van der Waals surface area contributed by atoms with Gasteiger partial charge in [0, 0.05) is 31.5 Å². The number of rotatable bonds is 4. The maximum Gasteiger partial charge on any atom is 0.226 e. The highest BCUT2D eigenvalue weighted by atomic mass is 16.7. The van der Waals surface area contributed by atoms with Gasteiger partial charge in [0.05, 0.1) is 27.2 Å². The van der Waals surface area contributed by atoms with E-state index in [1.54, 1.807) is 14.2 Å². The van der Waals surface area contributed by atoms with Crippen LogP contribution >= 0.6 is 0 Å². The Morgan fingerprint density at radius 1 is 1.11 bits per heavy atom. The second-order valence-corrected chi connectivity index (χ2v) is 7.16. The highest BCUT2D eigenvalue weighted by molar-refractivity contribution is 5.79. The van der Waals surface area contributed by atoms with Gasteiger partial charge in [0.2, 0.25) is 11.7 Å². The quantitative estimate of drug-likeness (QED) is 0.812. The van der Waals surface area contributed by atoms with E-state index >= 15 is 0 Å². The first kappa shape index (κ1) is 18.6. The Morgan fingerprint density at radius 3 is 2.64 bits per heavy atom. The predicted octanol–water partition coefficient (Wildman–Crippen LogP) is 3.17. The lowest BCUT2D eigenvalue weighted by Crippen LogP contribution is -2.52. The van der Waals surface area contributed by atoms with Crippen molar-refractivity contribution in [2.45, 2.75) is 31.7 Å². The van der Waals surface area contributed by atoms with Crippen molar-refractivity contribution >= 4 is 5.91 Å². The van der Waals surface area contributed by atoms with E-state index in [1.165, 1.54) is 0 Å². The van der Waals surface area contributed by atoms with E-state index in [2.05, 4.69) is 0 Å². The number of carbonyl (C=O) groups is 1. The summed E-state index contributed by atoms with van der Waals surface area (Å²) in [5, 5.41) is 0. The van der Waals surface area contributed by atoms with Crippen LogP contribution in [0.25, 0.3) is 0 Å². The molecule has 0 bridgehead atoms. The van der Waals surface area contributed by atoms with E-state index in [0.29, 0.717) is 39.0 Å². The third-order valence-electron chi connectivity index (χ3n) is 5.43. The number of hydrogen-bond donors (Lipinski definition) is 0. The fourth-order valence-corrected chi connectivity index (χ4v) is 3.79. The van der Waals surface area contributed by atoms with Crippen molar-refractivity contribution < 1.29 is 23.7 Å². The number of methoxy groups -OCH3 is 2. The smallest absolute Gasteiger partial charge is 0.226 e. The topological polar surface area (TPSA) is 57.2 Å². The van der Waals surface area contributed by atoms with Gasteiger partial charge >= 0.3 is 0 Å². The standard InChI is InChI=1S/C22H25NO5/c1-25-18-7-3-5-16(13-18)14-20(24)23-11-9-22(10-12-23)27-15-17-6-4-8-19(26-2)21(17)28-22/h3-8,13H,9-12,14-15H2,1-2H3. The largest absolute Gasteiger partial charge is 0.497 e. The first-order chi connectivity index (χ1) is 13.6. The third-order valence-corrected chi connectivity index (χ3v) is 5.43. The van der Waals surface area contributed by atoms with Crippen LogP contribution in [-0.2, 0) is 22.6 Å². The molecule has 2 heterocycles. The summed E-state index contributed by atoms with van der Waals surface area (Å²) in [7, 11) is 3.27. The molecule has 1 saturated heterocycles. The van der Waals surface area contributed by atoms with Gasteiger partial charge in [-0.2, -0.15) is 0 Å². The number of carbonyl (C=O) groups excluding carboxylic acids is 1. The SMILES string of the molecule is COc1cccc(CC(=O)N2CCC3(CC2)OCc2cccc(OC)c2O3)c1. The maximum atomic E-state index is 12.7. The van der Waals surface area contributed by atoms with Crippen molar-refractivity contribution in [3.63, 3.8) is 0 Å². The number of nitrogens with zero attached hydrogens (tertiary/aromatic N) is 1. The molecule has 0 aliphatic carbocycles. The van der Waals surface area contributed by atoms with E-state index in [9.17, 15) is 4.79 Å². The minimum absolute atomic E-state index is 0.108. The summed E-state index contributed by atoms with van der Waals surface area (Å²) in [6.45, 7) is 1.70. The molecule has 148 valence electrons. The number of likely N-dealkylation sites (tertiary alicyclic amines) is 1. The average molecular weight is 383 g/mol. The normalized spacial score (nSPS) is 17.6. The van der Waals surface area contributed by atoms with Crippen LogP contribution in [0.1, 0.15) is 24.0 Å². The Labute approximate surface area is 165 Å². The highest BCUT2D eigenvalue weighted by Gasteiger charge is 2.42. The molecule has 28 heavy (non-hydrogen) atoms. The Morgan fingerprint density at radius 2 is 1.89 bits per heavy atom. The monoisotopic (exact) mass is 383 g/mol. The van der Waals surface area contributed by atoms with E-state index in [-0.39, 0.29) is 5.91 Å². The Balaban J connectivity index is 1.40. The maximum absolute atomic E-state index is 12.7. The zero-order chi connectivity index (χ0) is 19.6. The van der Waals surface area contributed by atoms with Crippen molar-refractivity contribution in [3.8, 4) is 17.2 Å². The number of hydrogen-bond acceptors (Lipinski definition) is 5. The minimum Gasteiger partial charge on any atom is -0.497 e. The molecule has 0 unspecified atom stereocenters. The van der Waals surface area contributed by atoms with Gasteiger partial charge < -0.3 is 23.8 Å². The summed E-state index contributed by atoms with van der Waals surface area (Å²) in [6, 6.07) is 13.4. The zero-order valence-corrected chi connectivity index (χ0v) is 16.3. The first-order valence-corrected chi connectivity index (χ1v) is 9.52. The minimum atomic E-state index is -0.686. The number of piperidine rings is 1. The number of ether oxygens (including phenoxy) is 4. The number of benzene rings is 2. The van der Waals surface area contributed by atoms with E-state index in [0.717, 1.165) is 28.4 Å². The van der Waals surface area contributed by atoms with Gasteiger partial charge in [0.1, 0.15) is 5.75 Å². The van der Waals surface area contributed by atoms with E-state index in [4.69, 9.17) is 18.9 Å². The van der Waals surface area contributed by atoms with Crippen LogP contribution in [0.4, 0.5) is 0 Å². The molecule has 0 aromatic heterocycles. The molecule has 6 nitrogen and oxygen atoms in total. The second kappa shape index (κ2) is 7.72. The fourth-order valence-electron chi connectivity index (χ4n) is 3.79. The second-order valence-electron chi connectivity index (χ2n) is 7.16. The van der Waals surface area contributed by atoms with Crippen LogP contribution in [0.2, 0.25) is 0 Å². The molecule has 1 spiro atoms. The first-order valence-electron chi connectivity index (χ1n) is 9.52. The van der Waals surface area contributed by atoms with Crippen molar-refractivity contribution in [2.24, 2.45) is 0 Å². The summed E-state index contributed by atoms with van der Waals surface area (Å²) in [6.07, 6.45) is 1.63. The van der Waals surface area contributed by atoms with E-state index in [1.807, 2.05) is 47.4 Å². The van der Waals surface area contributed by atoms with Crippen molar-refractivity contribution in [2.75, 3.05) is 27.3 Å². The van der Waals surface area contributed by atoms with Gasteiger partial charge in [-0.3, -0.25) is 4.79 Å². The molecule has 0 N–H and O–H groups in total. The van der Waals surface area contributed by atoms with Gasteiger partial charge in [-0.05, 0) is 23.8 Å². The Kier molecular flexibility index (Phi) is 5.13. The summed E-state index contributed by atoms with van der Waals surface area (Å²) >= 11 is 0. The molecule has 2 aliphatic rings. The molecule has 2 aliphatic heterocycles. The Bertz CT molecular complexity index is 844. The van der Waals surface area contributed by atoms with Crippen LogP contribution in [-0.4, -0.2) is 43.9 Å². The Hall–Kier alpha value is -2.73. The summed E-state index contributed by atoms with van der Waals surface area (Å²) in [4.78, 5) is 14.6. The molecule has 0 atom stereocenters. The highest BCUT2D eigenvalue weighted by Crippen LogP contribution is 2.42.